The van der Waals surface area contributed by atoms with Crippen LogP contribution < -0.4 is 20.7 Å². The number of methoxy groups -OCH3 is 1. The number of anilines is 2. The van der Waals surface area contributed by atoms with Crippen molar-refractivity contribution >= 4 is 48.0 Å². The summed E-state index contributed by atoms with van der Waals surface area (Å²) >= 11 is 0. The molecule has 2 aromatic rings. The predicted octanol–water partition coefficient (Wildman–Crippen LogP) is 3.51. The van der Waals surface area contributed by atoms with Gasteiger partial charge in [-0.05, 0) is 56.1 Å². The molecule has 1 saturated heterocycles. The van der Waals surface area contributed by atoms with Crippen LogP contribution in [-0.4, -0.2) is 37.0 Å². The van der Waals surface area contributed by atoms with Gasteiger partial charge in [0.2, 0.25) is 5.91 Å². The second-order valence-corrected chi connectivity index (χ2v) is 6.56. The van der Waals surface area contributed by atoms with E-state index in [1.54, 1.807) is 36.5 Å². The molecule has 29 heavy (non-hydrogen) atoms. The third-order valence-corrected chi connectivity index (χ3v) is 4.60. The molecular formula is C20H26Cl2N4O3. The highest BCUT2D eigenvalue weighted by Gasteiger charge is 2.16. The molecule has 3 N–H and O–H groups in total. The van der Waals surface area contributed by atoms with Crippen molar-refractivity contribution in [2.75, 3.05) is 30.8 Å². The fraction of sp³-hybridized carbons (Fsp3) is 0.350. The normalized spacial score (nSPS) is 14.9. The molecule has 1 atom stereocenters. The Morgan fingerprint density at radius 1 is 1.24 bits per heavy atom. The maximum atomic E-state index is 12.3. The van der Waals surface area contributed by atoms with Crippen molar-refractivity contribution in [2.45, 2.75) is 19.3 Å². The fourth-order valence-electron chi connectivity index (χ4n) is 3.08. The summed E-state index contributed by atoms with van der Waals surface area (Å²) in [7, 11) is 1.52. The summed E-state index contributed by atoms with van der Waals surface area (Å²) in [6, 6.07) is 8.55. The summed E-state index contributed by atoms with van der Waals surface area (Å²) in [4.78, 5) is 28.4. The number of halogens is 2. The van der Waals surface area contributed by atoms with Gasteiger partial charge in [0.1, 0.15) is 5.75 Å². The number of nitrogens with zero attached hydrogens (tertiary/aromatic N) is 1. The molecule has 158 valence electrons. The molecule has 1 unspecified atom stereocenters. The van der Waals surface area contributed by atoms with E-state index < -0.39 is 0 Å². The molecule has 0 saturated carbocycles. The lowest BCUT2D eigenvalue weighted by Gasteiger charge is -2.13. The highest BCUT2D eigenvalue weighted by molar-refractivity contribution is 6.05. The zero-order valence-corrected chi connectivity index (χ0v) is 17.8. The van der Waals surface area contributed by atoms with Gasteiger partial charge in [0.05, 0.1) is 18.4 Å². The molecule has 0 radical (unpaired) electrons. The van der Waals surface area contributed by atoms with Crippen LogP contribution in [0.25, 0.3) is 0 Å². The van der Waals surface area contributed by atoms with E-state index in [4.69, 9.17) is 4.74 Å². The standard InChI is InChI=1S/C20H24N4O3.2ClH/c1-27-18-11-16(23-19(25)7-4-14-8-10-22-12-14)5-6-17(18)24-20(26)15-3-2-9-21-13-15;;/h2-3,5-6,9,11,13-14,22H,4,7-8,10,12H2,1H3,(H,23,25)(H,24,26);2*1H. The molecule has 0 aliphatic carbocycles. The third kappa shape index (κ3) is 7.20. The highest BCUT2D eigenvalue weighted by Crippen LogP contribution is 2.28. The van der Waals surface area contributed by atoms with Gasteiger partial charge in [0, 0.05) is 30.6 Å². The smallest absolute Gasteiger partial charge is 0.257 e. The average Bonchev–Trinajstić information content (AvgIpc) is 3.22. The monoisotopic (exact) mass is 440 g/mol. The van der Waals surface area contributed by atoms with Crippen molar-refractivity contribution in [3.05, 3.63) is 48.3 Å². The summed E-state index contributed by atoms with van der Waals surface area (Å²) < 4.78 is 5.36. The van der Waals surface area contributed by atoms with Crippen molar-refractivity contribution < 1.29 is 14.3 Å². The highest BCUT2D eigenvalue weighted by atomic mass is 35.5. The Morgan fingerprint density at radius 3 is 2.72 bits per heavy atom. The van der Waals surface area contributed by atoms with E-state index in [0.29, 0.717) is 35.0 Å². The zero-order valence-electron chi connectivity index (χ0n) is 16.1. The minimum atomic E-state index is -0.275. The van der Waals surface area contributed by atoms with Crippen molar-refractivity contribution in [3.8, 4) is 5.75 Å². The Kier molecular flexibility index (Phi) is 10.4. The lowest BCUT2D eigenvalue weighted by atomic mass is 10.0. The van der Waals surface area contributed by atoms with Crippen molar-refractivity contribution in [2.24, 2.45) is 5.92 Å². The number of rotatable bonds is 7. The number of hydrogen-bond acceptors (Lipinski definition) is 5. The molecule has 2 amide bonds. The van der Waals surface area contributed by atoms with Crippen molar-refractivity contribution in [3.63, 3.8) is 0 Å². The van der Waals surface area contributed by atoms with Gasteiger partial charge in [0.25, 0.3) is 5.91 Å². The second-order valence-electron chi connectivity index (χ2n) is 6.56. The number of amides is 2. The number of aromatic nitrogens is 1. The van der Waals surface area contributed by atoms with E-state index in [-0.39, 0.29) is 36.6 Å². The van der Waals surface area contributed by atoms with Crippen LogP contribution in [0.2, 0.25) is 0 Å². The van der Waals surface area contributed by atoms with Crippen LogP contribution in [0.5, 0.6) is 5.75 Å². The molecular weight excluding hydrogens is 415 g/mol. The number of carbonyl (C=O) groups is 2. The van der Waals surface area contributed by atoms with Gasteiger partial charge >= 0.3 is 0 Å². The molecule has 2 heterocycles. The van der Waals surface area contributed by atoms with E-state index in [1.807, 2.05) is 0 Å². The minimum Gasteiger partial charge on any atom is -0.494 e. The SMILES string of the molecule is COc1cc(NC(=O)CCC2CCNC2)ccc1NC(=O)c1cccnc1.Cl.Cl. The van der Waals surface area contributed by atoms with Crippen LogP contribution in [0, 0.1) is 5.92 Å². The lowest BCUT2D eigenvalue weighted by Crippen LogP contribution is -2.15. The molecule has 1 aliphatic heterocycles. The summed E-state index contributed by atoms with van der Waals surface area (Å²) in [6.45, 7) is 2.03. The Morgan fingerprint density at radius 2 is 2.07 bits per heavy atom. The van der Waals surface area contributed by atoms with Gasteiger partial charge in [-0.2, -0.15) is 0 Å². The van der Waals surface area contributed by atoms with Crippen LogP contribution >= 0.6 is 24.8 Å². The van der Waals surface area contributed by atoms with E-state index in [2.05, 4.69) is 20.9 Å². The van der Waals surface area contributed by atoms with E-state index in [0.717, 1.165) is 25.9 Å². The second kappa shape index (κ2) is 12.3. The van der Waals surface area contributed by atoms with Crippen molar-refractivity contribution in [1.82, 2.24) is 10.3 Å². The number of benzene rings is 1. The molecule has 0 spiro atoms. The number of ether oxygens (including phenoxy) is 1. The molecule has 3 rings (SSSR count). The largest absolute Gasteiger partial charge is 0.494 e. The number of pyridine rings is 1. The maximum Gasteiger partial charge on any atom is 0.257 e. The first-order chi connectivity index (χ1) is 13.2. The third-order valence-electron chi connectivity index (χ3n) is 4.60. The van der Waals surface area contributed by atoms with E-state index >= 15 is 0 Å². The van der Waals surface area contributed by atoms with Crippen LogP contribution in [0.1, 0.15) is 29.6 Å². The summed E-state index contributed by atoms with van der Waals surface area (Å²) in [5.74, 6) is 0.764. The van der Waals surface area contributed by atoms with Crippen LogP contribution in [-0.2, 0) is 4.79 Å². The molecule has 1 aliphatic rings. The molecule has 1 aromatic heterocycles. The summed E-state index contributed by atoms with van der Waals surface area (Å²) in [5, 5.41) is 9.00. The van der Waals surface area contributed by atoms with Gasteiger partial charge in [-0.1, -0.05) is 0 Å². The first kappa shape index (κ1) is 24.7. The molecule has 0 bridgehead atoms. The fourth-order valence-corrected chi connectivity index (χ4v) is 3.08. The first-order valence-corrected chi connectivity index (χ1v) is 9.05. The van der Waals surface area contributed by atoms with E-state index in [9.17, 15) is 9.59 Å². The predicted molar refractivity (Wildman–Crippen MR) is 119 cm³/mol. The summed E-state index contributed by atoms with van der Waals surface area (Å²) in [6.07, 6.45) is 5.62. The number of hydrogen-bond donors (Lipinski definition) is 3. The van der Waals surface area contributed by atoms with Crippen LogP contribution in [0.3, 0.4) is 0 Å². The Bertz CT molecular complexity index is 800. The zero-order chi connectivity index (χ0) is 19.1. The Balaban J connectivity index is 0.00000210. The lowest BCUT2D eigenvalue weighted by molar-refractivity contribution is -0.116. The Labute approximate surface area is 182 Å². The molecule has 1 aromatic carbocycles. The van der Waals surface area contributed by atoms with Crippen molar-refractivity contribution in [1.29, 1.82) is 0 Å². The van der Waals surface area contributed by atoms with Crippen LogP contribution in [0.15, 0.2) is 42.7 Å². The van der Waals surface area contributed by atoms with Crippen LogP contribution in [0.4, 0.5) is 11.4 Å². The summed E-state index contributed by atoms with van der Waals surface area (Å²) in [5.41, 5.74) is 1.63. The number of nitrogens with one attached hydrogen (secondary N) is 3. The van der Waals surface area contributed by atoms with Gasteiger partial charge in [-0.3, -0.25) is 14.6 Å². The van der Waals surface area contributed by atoms with Gasteiger partial charge in [-0.25, -0.2) is 0 Å². The topological polar surface area (TPSA) is 92.4 Å². The first-order valence-electron chi connectivity index (χ1n) is 9.05. The Hall–Kier alpha value is -2.35. The maximum absolute atomic E-state index is 12.3. The van der Waals surface area contributed by atoms with Gasteiger partial charge in [0.15, 0.2) is 0 Å². The average molecular weight is 441 g/mol. The van der Waals surface area contributed by atoms with Gasteiger partial charge in [-0.15, -0.1) is 24.8 Å². The van der Waals surface area contributed by atoms with Gasteiger partial charge < -0.3 is 20.7 Å². The molecule has 1 fully saturated rings. The molecule has 7 nitrogen and oxygen atoms in total. The minimum absolute atomic E-state index is 0. The molecule has 9 heteroatoms. The quantitative estimate of drug-likeness (QED) is 0.612. The number of carbonyl (C=O) groups excluding carboxylic acids is 2. The van der Waals surface area contributed by atoms with E-state index in [1.165, 1.54) is 13.3 Å².